The van der Waals surface area contributed by atoms with E-state index in [4.69, 9.17) is 32.7 Å². The van der Waals surface area contributed by atoms with Crippen LogP contribution in [-0.2, 0) is 0 Å². The predicted octanol–water partition coefficient (Wildman–Crippen LogP) is 5.81. The molecule has 0 spiro atoms. The van der Waals surface area contributed by atoms with Crippen LogP contribution < -0.4 is 14.8 Å². The van der Waals surface area contributed by atoms with Gasteiger partial charge in [0.15, 0.2) is 0 Å². The van der Waals surface area contributed by atoms with E-state index >= 15 is 0 Å². The highest BCUT2D eigenvalue weighted by Crippen LogP contribution is 2.35. The molecule has 1 heterocycles. The van der Waals surface area contributed by atoms with E-state index in [0.29, 0.717) is 22.3 Å². The van der Waals surface area contributed by atoms with Gasteiger partial charge in [-0.3, -0.25) is 4.79 Å². The Hall–Kier alpha value is -3.22. The molecule has 6 nitrogen and oxygen atoms in total. The van der Waals surface area contributed by atoms with Crippen molar-refractivity contribution in [1.82, 2.24) is 9.97 Å². The van der Waals surface area contributed by atoms with Crippen LogP contribution in [-0.4, -0.2) is 30.1 Å². The van der Waals surface area contributed by atoms with Gasteiger partial charge in [0.05, 0.1) is 41.5 Å². The molecule has 4 rings (SSSR count). The molecule has 0 radical (unpaired) electrons. The SMILES string of the molecule is COc1ccc(-c2nc3ccccc3[nH]2)cc1NC(=O)c1cc(Cl)cc(Cl)c1OC. The number of benzene rings is 3. The lowest BCUT2D eigenvalue weighted by Gasteiger charge is -2.14. The minimum atomic E-state index is -0.434. The Labute approximate surface area is 182 Å². The maximum Gasteiger partial charge on any atom is 0.259 e. The van der Waals surface area contributed by atoms with Crippen LogP contribution in [0.5, 0.6) is 11.5 Å². The van der Waals surface area contributed by atoms with E-state index in [2.05, 4.69) is 15.3 Å². The van der Waals surface area contributed by atoms with Crippen LogP contribution in [0.25, 0.3) is 22.4 Å². The normalized spacial score (nSPS) is 10.8. The first kappa shape index (κ1) is 20.1. The van der Waals surface area contributed by atoms with Crippen LogP contribution in [0.3, 0.4) is 0 Å². The van der Waals surface area contributed by atoms with Crippen molar-refractivity contribution in [2.24, 2.45) is 0 Å². The number of aromatic nitrogens is 2. The number of halogens is 2. The summed E-state index contributed by atoms with van der Waals surface area (Å²) in [6.45, 7) is 0. The average molecular weight is 442 g/mol. The molecule has 0 atom stereocenters. The monoisotopic (exact) mass is 441 g/mol. The molecule has 4 aromatic rings. The molecule has 152 valence electrons. The number of fused-ring (bicyclic) bond motifs is 1. The molecular formula is C22H17Cl2N3O3. The van der Waals surface area contributed by atoms with Gasteiger partial charge in [-0.05, 0) is 42.5 Å². The van der Waals surface area contributed by atoms with Gasteiger partial charge >= 0.3 is 0 Å². The first-order valence-corrected chi connectivity index (χ1v) is 9.73. The molecule has 0 saturated heterocycles. The van der Waals surface area contributed by atoms with Gasteiger partial charge in [-0.15, -0.1) is 0 Å². The number of methoxy groups -OCH3 is 2. The summed E-state index contributed by atoms with van der Waals surface area (Å²) < 4.78 is 10.7. The van der Waals surface area contributed by atoms with E-state index in [9.17, 15) is 4.79 Å². The number of carbonyl (C=O) groups is 1. The molecule has 30 heavy (non-hydrogen) atoms. The Balaban J connectivity index is 1.72. The molecule has 0 saturated carbocycles. The van der Waals surface area contributed by atoms with Crippen LogP contribution in [0.15, 0.2) is 54.6 Å². The number of imidazole rings is 1. The molecule has 0 bridgehead atoms. The van der Waals surface area contributed by atoms with Crippen LogP contribution in [0.2, 0.25) is 10.0 Å². The first-order chi connectivity index (χ1) is 14.5. The number of hydrogen-bond donors (Lipinski definition) is 2. The molecular weight excluding hydrogens is 425 g/mol. The number of para-hydroxylation sites is 2. The molecule has 0 aliphatic heterocycles. The number of anilines is 1. The van der Waals surface area contributed by atoms with Gasteiger partial charge in [0, 0.05) is 10.6 Å². The Bertz CT molecular complexity index is 1220. The third-order valence-corrected chi connectivity index (χ3v) is 5.07. The molecule has 8 heteroatoms. The van der Waals surface area contributed by atoms with E-state index in [0.717, 1.165) is 16.6 Å². The maximum absolute atomic E-state index is 13.0. The minimum Gasteiger partial charge on any atom is -0.495 e. The zero-order valence-corrected chi connectivity index (χ0v) is 17.6. The van der Waals surface area contributed by atoms with Crippen LogP contribution in [0.1, 0.15) is 10.4 Å². The highest BCUT2D eigenvalue weighted by molar-refractivity contribution is 6.36. The summed E-state index contributed by atoms with van der Waals surface area (Å²) in [5, 5.41) is 3.42. The Morgan fingerprint density at radius 2 is 1.83 bits per heavy atom. The summed E-state index contributed by atoms with van der Waals surface area (Å²) in [5.74, 6) is 0.982. The summed E-state index contributed by atoms with van der Waals surface area (Å²) in [6, 6.07) is 16.2. The fraction of sp³-hybridized carbons (Fsp3) is 0.0909. The number of nitrogens with zero attached hydrogens (tertiary/aromatic N) is 1. The summed E-state index contributed by atoms with van der Waals surface area (Å²) in [7, 11) is 2.97. The lowest BCUT2D eigenvalue weighted by atomic mass is 10.1. The van der Waals surface area contributed by atoms with Crippen molar-refractivity contribution < 1.29 is 14.3 Å². The van der Waals surface area contributed by atoms with Gasteiger partial charge in [-0.25, -0.2) is 4.98 Å². The van der Waals surface area contributed by atoms with Gasteiger partial charge in [0.1, 0.15) is 17.3 Å². The summed E-state index contributed by atoms with van der Waals surface area (Å²) in [4.78, 5) is 20.8. The minimum absolute atomic E-state index is 0.214. The second-order valence-corrected chi connectivity index (χ2v) is 7.28. The van der Waals surface area contributed by atoms with Gasteiger partial charge in [-0.2, -0.15) is 0 Å². The van der Waals surface area contributed by atoms with Crippen molar-refractivity contribution in [3.63, 3.8) is 0 Å². The Kier molecular flexibility index (Phi) is 5.53. The Morgan fingerprint density at radius 1 is 1.03 bits per heavy atom. The second kappa shape index (κ2) is 8.26. The van der Waals surface area contributed by atoms with Crippen molar-refractivity contribution in [3.8, 4) is 22.9 Å². The van der Waals surface area contributed by atoms with E-state index in [1.54, 1.807) is 12.1 Å². The molecule has 2 N–H and O–H groups in total. The summed E-state index contributed by atoms with van der Waals surface area (Å²) >= 11 is 12.2. The quantitative estimate of drug-likeness (QED) is 0.409. The first-order valence-electron chi connectivity index (χ1n) is 8.97. The van der Waals surface area contributed by atoms with E-state index in [1.807, 2.05) is 30.3 Å². The fourth-order valence-corrected chi connectivity index (χ4v) is 3.74. The average Bonchev–Trinajstić information content (AvgIpc) is 3.17. The predicted molar refractivity (Wildman–Crippen MR) is 119 cm³/mol. The lowest BCUT2D eigenvalue weighted by Crippen LogP contribution is -2.14. The van der Waals surface area contributed by atoms with Crippen LogP contribution >= 0.6 is 23.2 Å². The highest BCUT2D eigenvalue weighted by atomic mass is 35.5. The van der Waals surface area contributed by atoms with Crippen LogP contribution in [0.4, 0.5) is 5.69 Å². The second-order valence-electron chi connectivity index (χ2n) is 6.44. The zero-order valence-electron chi connectivity index (χ0n) is 16.1. The third-order valence-electron chi connectivity index (χ3n) is 4.57. The molecule has 0 aliphatic carbocycles. The van der Waals surface area contributed by atoms with Gasteiger partial charge < -0.3 is 19.8 Å². The van der Waals surface area contributed by atoms with E-state index in [1.165, 1.54) is 26.4 Å². The number of ether oxygens (including phenoxy) is 2. The maximum atomic E-state index is 13.0. The van der Waals surface area contributed by atoms with Crippen molar-refractivity contribution in [2.45, 2.75) is 0 Å². The lowest BCUT2D eigenvalue weighted by molar-refractivity contribution is 0.102. The molecule has 1 aromatic heterocycles. The fourth-order valence-electron chi connectivity index (χ4n) is 3.17. The number of H-pyrrole nitrogens is 1. The largest absolute Gasteiger partial charge is 0.495 e. The van der Waals surface area contributed by atoms with Crippen LogP contribution in [0, 0.1) is 0 Å². The molecule has 0 unspecified atom stereocenters. The topological polar surface area (TPSA) is 76.2 Å². The van der Waals surface area contributed by atoms with Gasteiger partial charge in [-0.1, -0.05) is 35.3 Å². The molecule has 3 aromatic carbocycles. The molecule has 1 amide bonds. The number of hydrogen-bond acceptors (Lipinski definition) is 4. The number of aromatic amines is 1. The van der Waals surface area contributed by atoms with Crippen molar-refractivity contribution in [3.05, 3.63) is 70.2 Å². The smallest absolute Gasteiger partial charge is 0.259 e. The van der Waals surface area contributed by atoms with Crippen molar-refractivity contribution in [1.29, 1.82) is 0 Å². The highest BCUT2D eigenvalue weighted by Gasteiger charge is 2.19. The summed E-state index contributed by atoms with van der Waals surface area (Å²) in [5.41, 5.74) is 3.25. The Morgan fingerprint density at radius 3 is 2.57 bits per heavy atom. The molecule has 0 fully saturated rings. The number of carbonyl (C=O) groups excluding carboxylic acids is 1. The van der Waals surface area contributed by atoms with Crippen molar-refractivity contribution >= 4 is 45.8 Å². The summed E-state index contributed by atoms with van der Waals surface area (Å²) in [6.07, 6.45) is 0. The van der Waals surface area contributed by atoms with Gasteiger partial charge in [0.25, 0.3) is 5.91 Å². The zero-order chi connectivity index (χ0) is 21.3. The number of amides is 1. The van der Waals surface area contributed by atoms with Gasteiger partial charge in [0.2, 0.25) is 0 Å². The standard InChI is InChI=1S/C22H17Cl2N3O3/c1-29-19-8-7-12(21-25-16-5-3-4-6-17(16)26-21)9-18(19)27-22(28)14-10-13(23)11-15(24)20(14)30-2/h3-11H,1-2H3,(H,25,26)(H,27,28). The number of rotatable bonds is 5. The third kappa shape index (κ3) is 3.79. The number of nitrogens with one attached hydrogen (secondary N) is 2. The van der Waals surface area contributed by atoms with E-state index < -0.39 is 5.91 Å². The van der Waals surface area contributed by atoms with Crippen molar-refractivity contribution in [2.75, 3.05) is 19.5 Å². The van der Waals surface area contributed by atoms with E-state index in [-0.39, 0.29) is 16.3 Å². The molecule has 0 aliphatic rings.